The van der Waals surface area contributed by atoms with E-state index in [0.29, 0.717) is 64.5 Å². The van der Waals surface area contributed by atoms with E-state index in [1.54, 1.807) is 0 Å². The standard InChI is InChI=1S/C42H64N8O6/c1-32-24-33(2)50(46-32)39-26-36(25-38(28-39)49-15-13-47(14-16-49)17-19-54-21-23-55-22-20-53-18-11-43-3)37(27-41(51)52-4)30-48-12-9-34(29-48)31-56-40-8-7-35-6-5-10-44-42(35)45-40/h7-8,24-26,28,34,37,43H,5-6,9-23,27,29-31H2,1-4H3,(H,44,45). The van der Waals surface area contributed by atoms with E-state index in [1.807, 2.05) is 24.7 Å². The molecule has 56 heavy (non-hydrogen) atoms. The fraction of sp³-hybridized carbons (Fsp3) is 0.643. The van der Waals surface area contributed by atoms with Gasteiger partial charge in [0.1, 0.15) is 5.82 Å². The molecule has 0 bridgehead atoms. The number of anilines is 2. The molecule has 0 radical (unpaired) electrons. The Balaban J connectivity index is 1.05. The first-order valence-electron chi connectivity index (χ1n) is 20.6. The molecule has 2 saturated heterocycles. The number of fused-ring (bicyclic) bond motifs is 1. The number of methoxy groups -OCH3 is 1. The van der Waals surface area contributed by atoms with Crippen LogP contribution in [0.25, 0.3) is 5.69 Å². The third-order valence-electron chi connectivity index (χ3n) is 11.0. The van der Waals surface area contributed by atoms with Gasteiger partial charge in [0.15, 0.2) is 0 Å². The molecule has 3 aliphatic rings. The van der Waals surface area contributed by atoms with Crippen molar-refractivity contribution in [3.63, 3.8) is 0 Å². The third kappa shape index (κ3) is 12.4. The van der Waals surface area contributed by atoms with Gasteiger partial charge in [0.2, 0.25) is 5.88 Å². The normalized spacial score (nSPS) is 18.1. The number of benzene rings is 1. The Morgan fingerprint density at radius 1 is 0.929 bits per heavy atom. The second kappa shape index (κ2) is 21.7. The smallest absolute Gasteiger partial charge is 0.306 e. The van der Waals surface area contributed by atoms with Crippen LogP contribution >= 0.6 is 0 Å². The molecule has 3 aliphatic heterocycles. The summed E-state index contributed by atoms with van der Waals surface area (Å²) in [5.74, 6) is 1.79. The molecule has 308 valence electrons. The number of ether oxygens (including phenoxy) is 5. The summed E-state index contributed by atoms with van der Waals surface area (Å²) in [5, 5.41) is 11.3. The van der Waals surface area contributed by atoms with Crippen molar-refractivity contribution in [1.29, 1.82) is 0 Å². The molecule has 14 heteroatoms. The lowest BCUT2D eigenvalue weighted by Crippen LogP contribution is -2.47. The van der Waals surface area contributed by atoms with Crippen molar-refractivity contribution >= 4 is 17.5 Å². The predicted octanol–water partition coefficient (Wildman–Crippen LogP) is 3.68. The van der Waals surface area contributed by atoms with E-state index in [4.69, 9.17) is 33.8 Å². The van der Waals surface area contributed by atoms with E-state index in [9.17, 15) is 4.79 Å². The van der Waals surface area contributed by atoms with Gasteiger partial charge in [0, 0.05) is 88.2 Å². The first-order valence-corrected chi connectivity index (χ1v) is 20.6. The first kappa shape index (κ1) is 41.8. The van der Waals surface area contributed by atoms with E-state index in [1.165, 1.54) is 12.7 Å². The van der Waals surface area contributed by atoms with Crippen molar-refractivity contribution in [3.8, 4) is 11.6 Å². The Bertz CT molecular complexity index is 1660. The Hall–Kier alpha value is -3.79. The van der Waals surface area contributed by atoms with Crippen LogP contribution in [0.2, 0.25) is 0 Å². The average Bonchev–Trinajstić information content (AvgIpc) is 3.82. The van der Waals surface area contributed by atoms with Gasteiger partial charge in [-0.2, -0.15) is 10.1 Å². The largest absolute Gasteiger partial charge is 0.477 e. The van der Waals surface area contributed by atoms with E-state index >= 15 is 0 Å². The minimum absolute atomic E-state index is 0.0422. The zero-order valence-corrected chi connectivity index (χ0v) is 34.1. The number of carbonyl (C=O) groups is 1. The molecular formula is C42H64N8O6. The van der Waals surface area contributed by atoms with Gasteiger partial charge in [-0.15, -0.1) is 0 Å². The van der Waals surface area contributed by atoms with Crippen LogP contribution in [0.4, 0.5) is 11.5 Å². The molecule has 2 aromatic heterocycles. The molecule has 14 nitrogen and oxygen atoms in total. The summed E-state index contributed by atoms with van der Waals surface area (Å²) in [6, 6.07) is 13.0. The summed E-state index contributed by atoms with van der Waals surface area (Å²) in [6.45, 7) is 17.5. The van der Waals surface area contributed by atoms with E-state index in [-0.39, 0.29) is 11.9 Å². The third-order valence-corrected chi connectivity index (χ3v) is 11.0. The van der Waals surface area contributed by atoms with Gasteiger partial charge in [-0.05, 0) is 88.2 Å². The Labute approximate surface area is 333 Å². The van der Waals surface area contributed by atoms with Crippen LogP contribution in [0, 0.1) is 19.8 Å². The van der Waals surface area contributed by atoms with Crippen molar-refractivity contribution < 1.29 is 28.5 Å². The lowest BCUT2D eigenvalue weighted by Gasteiger charge is -2.36. The lowest BCUT2D eigenvalue weighted by atomic mass is 9.93. The zero-order chi connectivity index (χ0) is 39.1. The molecule has 0 spiro atoms. The molecular weight excluding hydrogens is 713 g/mol. The number of aromatic nitrogens is 3. The number of rotatable bonds is 22. The summed E-state index contributed by atoms with van der Waals surface area (Å²) >= 11 is 0. The second-order valence-electron chi connectivity index (χ2n) is 15.3. The number of esters is 1. The number of aryl methyl sites for hydroxylation is 3. The van der Waals surface area contributed by atoms with Gasteiger partial charge in [0.05, 0.1) is 71.2 Å². The maximum absolute atomic E-state index is 12.9. The van der Waals surface area contributed by atoms with Crippen LogP contribution in [0.3, 0.4) is 0 Å². The molecule has 2 fully saturated rings. The highest BCUT2D eigenvalue weighted by Gasteiger charge is 2.29. The van der Waals surface area contributed by atoms with Crippen molar-refractivity contribution in [2.75, 3.05) is 136 Å². The molecule has 5 heterocycles. The van der Waals surface area contributed by atoms with E-state index in [0.717, 1.165) is 119 Å². The Kier molecular flexibility index (Phi) is 16.2. The Morgan fingerprint density at radius 2 is 1.70 bits per heavy atom. The molecule has 0 aliphatic carbocycles. The van der Waals surface area contributed by atoms with Crippen molar-refractivity contribution in [2.24, 2.45) is 5.92 Å². The first-order chi connectivity index (χ1) is 27.4. The van der Waals surface area contributed by atoms with Gasteiger partial charge in [-0.1, -0.05) is 0 Å². The molecule has 6 rings (SSSR count). The average molecular weight is 777 g/mol. The number of piperazine rings is 1. The maximum atomic E-state index is 12.9. The highest BCUT2D eigenvalue weighted by atomic mass is 16.5. The Morgan fingerprint density at radius 3 is 2.45 bits per heavy atom. The SMILES string of the molecule is CNCCOCCOCCOCCN1CCN(c2cc(C(CC(=O)OC)CN3CCC(COc4ccc5c(n4)NCCC5)C3)cc(-n3nc(C)cc3C)c2)CC1. The number of hydrogen-bond acceptors (Lipinski definition) is 13. The topological polar surface area (TPSA) is 128 Å². The van der Waals surface area contributed by atoms with E-state index < -0.39 is 0 Å². The van der Waals surface area contributed by atoms with Gasteiger partial charge < -0.3 is 44.1 Å². The van der Waals surface area contributed by atoms with Crippen LogP contribution in [0.1, 0.15) is 47.7 Å². The predicted molar refractivity (Wildman–Crippen MR) is 219 cm³/mol. The number of pyridine rings is 1. The fourth-order valence-electron chi connectivity index (χ4n) is 7.88. The molecule has 3 aromatic rings. The number of carbonyl (C=O) groups excluding carboxylic acids is 1. The molecule has 2 unspecified atom stereocenters. The van der Waals surface area contributed by atoms with Crippen LogP contribution in [-0.4, -0.2) is 156 Å². The summed E-state index contributed by atoms with van der Waals surface area (Å²) < 4.78 is 30.5. The monoisotopic (exact) mass is 776 g/mol. The van der Waals surface area contributed by atoms with Gasteiger partial charge in [-0.25, -0.2) is 4.68 Å². The number of likely N-dealkylation sites (tertiary alicyclic amines) is 1. The van der Waals surface area contributed by atoms with Crippen LogP contribution in [0.5, 0.6) is 5.88 Å². The molecule has 0 saturated carbocycles. The molecule has 2 N–H and O–H groups in total. The van der Waals surface area contributed by atoms with E-state index in [2.05, 4.69) is 62.6 Å². The zero-order valence-electron chi connectivity index (χ0n) is 34.1. The number of likely N-dealkylation sites (N-methyl/N-ethyl adjacent to an activating group) is 1. The van der Waals surface area contributed by atoms with Crippen LogP contribution < -0.4 is 20.3 Å². The van der Waals surface area contributed by atoms with Gasteiger partial charge in [0.25, 0.3) is 0 Å². The quantitative estimate of drug-likeness (QED) is 0.114. The number of nitrogens with one attached hydrogen (secondary N) is 2. The fourth-order valence-corrected chi connectivity index (χ4v) is 7.88. The molecule has 0 amide bonds. The second-order valence-corrected chi connectivity index (χ2v) is 15.3. The maximum Gasteiger partial charge on any atom is 0.306 e. The number of hydrogen-bond donors (Lipinski definition) is 2. The van der Waals surface area contributed by atoms with Crippen molar-refractivity contribution in [1.82, 2.24) is 29.9 Å². The summed E-state index contributed by atoms with van der Waals surface area (Å²) in [4.78, 5) is 25.0. The highest BCUT2D eigenvalue weighted by Crippen LogP contribution is 2.32. The lowest BCUT2D eigenvalue weighted by molar-refractivity contribution is -0.141. The highest BCUT2D eigenvalue weighted by molar-refractivity contribution is 5.71. The minimum atomic E-state index is -0.198. The summed E-state index contributed by atoms with van der Waals surface area (Å²) in [6.07, 6.45) is 3.55. The molecule has 2 atom stereocenters. The summed E-state index contributed by atoms with van der Waals surface area (Å²) in [5.41, 5.74) is 6.61. The van der Waals surface area contributed by atoms with Crippen molar-refractivity contribution in [2.45, 2.75) is 45.4 Å². The molecule has 1 aromatic carbocycles. The number of nitrogens with zero attached hydrogens (tertiary/aromatic N) is 6. The van der Waals surface area contributed by atoms with Crippen LogP contribution in [0.15, 0.2) is 36.4 Å². The van der Waals surface area contributed by atoms with Crippen LogP contribution in [-0.2, 0) is 30.2 Å². The minimum Gasteiger partial charge on any atom is -0.477 e. The summed E-state index contributed by atoms with van der Waals surface area (Å²) in [7, 11) is 3.39. The van der Waals surface area contributed by atoms with Gasteiger partial charge >= 0.3 is 5.97 Å². The van der Waals surface area contributed by atoms with Crippen molar-refractivity contribution in [3.05, 3.63) is 58.9 Å². The van der Waals surface area contributed by atoms with Gasteiger partial charge in [-0.3, -0.25) is 9.69 Å².